The van der Waals surface area contributed by atoms with Crippen molar-refractivity contribution in [3.8, 4) is 11.5 Å². The van der Waals surface area contributed by atoms with Gasteiger partial charge in [0.2, 0.25) is 0 Å². The van der Waals surface area contributed by atoms with Crippen LogP contribution in [0.25, 0.3) is 22.2 Å². The lowest BCUT2D eigenvalue weighted by molar-refractivity contribution is 0.174. The summed E-state index contributed by atoms with van der Waals surface area (Å²) in [7, 11) is 1.51. The molecule has 136 valence electrons. The van der Waals surface area contributed by atoms with E-state index < -0.39 is 5.82 Å². The minimum Gasteiger partial charge on any atom is -0.377 e. The van der Waals surface area contributed by atoms with Crippen molar-refractivity contribution in [2.75, 3.05) is 7.11 Å². The Kier molecular flexibility index (Phi) is 4.47. The largest absolute Gasteiger partial charge is 0.377 e. The highest BCUT2D eigenvalue weighted by atomic mass is 19.1. The fourth-order valence-corrected chi connectivity index (χ4v) is 2.90. The molecule has 0 aliphatic heterocycles. The second-order valence-electron chi connectivity index (χ2n) is 5.98. The van der Waals surface area contributed by atoms with Crippen LogP contribution in [0.4, 0.5) is 4.39 Å². The molecule has 4 rings (SSSR count). The predicted octanol–water partition coefficient (Wildman–Crippen LogP) is 2.85. The molecule has 0 fully saturated rings. The Balaban J connectivity index is 1.72. The molecular formula is C19H15FN4O3. The number of fused-ring (bicyclic) bond motifs is 1. The second kappa shape index (κ2) is 7.08. The van der Waals surface area contributed by atoms with E-state index in [0.717, 1.165) is 10.9 Å². The molecule has 0 bridgehead atoms. The van der Waals surface area contributed by atoms with Crippen molar-refractivity contribution in [1.82, 2.24) is 20.3 Å². The van der Waals surface area contributed by atoms with E-state index >= 15 is 0 Å². The van der Waals surface area contributed by atoms with Crippen LogP contribution in [-0.4, -0.2) is 27.4 Å². The van der Waals surface area contributed by atoms with Gasteiger partial charge in [0, 0.05) is 18.9 Å². The van der Waals surface area contributed by atoms with Crippen LogP contribution in [0, 0.1) is 5.82 Å². The summed E-state index contributed by atoms with van der Waals surface area (Å²) in [4.78, 5) is 16.1. The summed E-state index contributed by atoms with van der Waals surface area (Å²) in [5, 5.41) is 11.7. The number of H-pyrrole nitrogens is 1. The van der Waals surface area contributed by atoms with Crippen LogP contribution in [0.3, 0.4) is 0 Å². The maximum atomic E-state index is 14.3. The fraction of sp³-hybridized carbons (Fsp3) is 0.158. The van der Waals surface area contributed by atoms with Crippen molar-refractivity contribution < 1.29 is 13.7 Å². The number of nitrogens with one attached hydrogen (secondary N) is 1. The maximum absolute atomic E-state index is 14.3. The Bertz CT molecular complexity index is 1170. The highest BCUT2D eigenvalue weighted by molar-refractivity contribution is 5.83. The van der Waals surface area contributed by atoms with Crippen LogP contribution in [0.1, 0.15) is 17.1 Å². The Morgan fingerprint density at radius 3 is 2.81 bits per heavy atom. The van der Waals surface area contributed by atoms with Crippen molar-refractivity contribution in [3.63, 3.8) is 0 Å². The molecule has 0 saturated carbocycles. The van der Waals surface area contributed by atoms with E-state index in [1.165, 1.54) is 13.2 Å². The zero-order chi connectivity index (χ0) is 18.8. The number of aromatic amines is 1. The van der Waals surface area contributed by atoms with Gasteiger partial charge in [-0.3, -0.25) is 4.79 Å². The van der Waals surface area contributed by atoms with Gasteiger partial charge in [0.15, 0.2) is 5.82 Å². The quantitative estimate of drug-likeness (QED) is 0.584. The van der Waals surface area contributed by atoms with Crippen molar-refractivity contribution in [2.45, 2.75) is 13.0 Å². The number of nitrogens with zero attached hydrogens (tertiary/aromatic N) is 3. The number of benzene rings is 2. The van der Waals surface area contributed by atoms with Crippen LogP contribution < -0.4 is 5.56 Å². The molecule has 2 aromatic carbocycles. The third-order valence-corrected chi connectivity index (χ3v) is 4.15. The molecule has 0 unspecified atom stereocenters. The molecule has 4 aromatic rings. The number of hydrogen-bond acceptors (Lipinski definition) is 6. The molecule has 0 saturated heterocycles. The molecule has 0 aliphatic rings. The zero-order valence-corrected chi connectivity index (χ0v) is 14.4. The molecule has 8 heteroatoms. The smallest absolute Gasteiger partial charge is 0.272 e. The standard InChI is InChI=1S/C19H15FN4O3/c1-26-10-17-21-19(27-24-17)14-8-11(6-7-15(14)20)9-16-12-4-2-3-5-13(12)18(25)23-22-16/h2-8H,9-10H2,1H3,(H,23,25). The van der Waals surface area contributed by atoms with Crippen LogP contribution in [0.2, 0.25) is 0 Å². The summed E-state index contributed by atoms with van der Waals surface area (Å²) < 4.78 is 24.3. The van der Waals surface area contributed by atoms with Gasteiger partial charge in [-0.05, 0) is 23.8 Å². The van der Waals surface area contributed by atoms with Gasteiger partial charge in [-0.25, -0.2) is 9.49 Å². The predicted molar refractivity (Wildman–Crippen MR) is 95.6 cm³/mol. The minimum atomic E-state index is -0.467. The normalized spacial score (nSPS) is 11.2. The molecule has 0 aliphatic carbocycles. The summed E-state index contributed by atoms with van der Waals surface area (Å²) in [5.74, 6) is -0.0445. The Hall–Kier alpha value is -3.39. The van der Waals surface area contributed by atoms with Crippen molar-refractivity contribution in [2.24, 2.45) is 0 Å². The van der Waals surface area contributed by atoms with E-state index in [1.54, 1.807) is 24.3 Å². The molecule has 0 radical (unpaired) electrons. The van der Waals surface area contributed by atoms with E-state index in [4.69, 9.17) is 9.26 Å². The molecule has 2 heterocycles. The molecule has 7 nitrogen and oxygen atoms in total. The Morgan fingerprint density at radius 1 is 1.19 bits per heavy atom. The van der Waals surface area contributed by atoms with Crippen LogP contribution in [0.15, 0.2) is 51.8 Å². The number of aromatic nitrogens is 4. The average Bonchev–Trinajstić information content (AvgIpc) is 3.14. The van der Waals surface area contributed by atoms with Gasteiger partial charge in [0.1, 0.15) is 12.4 Å². The summed E-state index contributed by atoms with van der Waals surface area (Å²) in [6.45, 7) is 0.179. The minimum absolute atomic E-state index is 0.0840. The Morgan fingerprint density at radius 2 is 2.00 bits per heavy atom. The van der Waals surface area contributed by atoms with Crippen LogP contribution >= 0.6 is 0 Å². The molecule has 1 N–H and O–H groups in total. The number of rotatable bonds is 5. The van der Waals surface area contributed by atoms with Crippen molar-refractivity contribution in [1.29, 1.82) is 0 Å². The molecule has 2 aromatic heterocycles. The third-order valence-electron chi connectivity index (χ3n) is 4.15. The van der Waals surface area contributed by atoms with Crippen molar-refractivity contribution >= 4 is 10.8 Å². The van der Waals surface area contributed by atoms with E-state index in [-0.39, 0.29) is 23.6 Å². The topological polar surface area (TPSA) is 93.9 Å². The SMILES string of the molecule is COCc1noc(-c2cc(Cc3n[nH]c(=O)c4ccccc34)ccc2F)n1. The van der Waals surface area contributed by atoms with Gasteiger partial charge >= 0.3 is 0 Å². The monoisotopic (exact) mass is 366 g/mol. The first-order valence-corrected chi connectivity index (χ1v) is 8.22. The van der Waals surface area contributed by atoms with Crippen LogP contribution in [0.5, 0.6) is 0 Å². The van der Waals surface area contributed by atoms with Gasteiger partial charge in [-0.15, -0.1) is 0 Å². The average molecular weight is 366 g/mol. The van der Waals surface area contributed by atoms with Gasteiger partial charge in [0.05, 0.1) is 16.6 Å². The summed E-state index contributed by atoms with van der Waals surface area (Å²) >= 11 is 0. The number of ether oxygens (including phenoxy) is 1. The number of halogens is 1. The molecular weight excluding hydrogens is 351 g/mol. The summed E-state index contributed by atoms with van der Waals surface area (Å²) in [6, 6.07) is 11.9. The highest BCUT2D eigenvalue weighted by Gasteiger charge is 2.15. The molecule has 0 amide bonds. The first-order chi connectivity index (χ1) is 13.2. The van der Waals surface area contributed by atoms with Crippen LogP contribution in [-0.2, 0) is 17.8 Å². The fourth-order valence-electron chi connectivity index (χ4n) is 2.90. The lowest BCUT2D eigenvalue weighted by atomic mass is 10.0. The van der Waals surface area contributed by atoms with E-state index in [2.05, 4.69) is 20.3 Å². The van der Waals surface area contributed by atoms with Gasteiger partial charge in [-0.1, -0.05) is 29.4 Å². The van der Waals surface area contributed by atoms with E-state index in [1.807, 2.05) is 12.1 Å². The first-order valence-electron chi connectivity index (χ1n) is 8.22. The lowest BCUT2D eigenvalue weighted by Gasteiger charge is -2.06. The molecule has 27 heavy (non-hydrogen) atoms. The molecule has 0 atom stereocenters. The lowest BCUT2D eigenvalue weighted by Crippen LogP contribution is -2.11. The van der Waals surface area contributed by atoms with Gasteiger partial charge in [-0.2, -0.15) is 10.1 Å². The number of methoxy groups -OCH3 is 1. The zero-order valence-electron chi connectivity index (χ0n) is 14.4. The van der Waals surface area contributed by atoms with Crippen molar-refractivity contribution in [3.05, 3.63) is 75.7 Å². The third kappa shape index (κ3) is 3.34. The summed E-state index contributed by atoms with van der Waals surface area (Å²) in [6.07, 6.45) is 0.406. The highest BCUT2D eigenvalue weighted by Crippen LogP contribution is 2.24. The van der Waals surface area contributed by atoms with Gasteiger partial charge in [0.25, 0.3) is 11.4 Å². The second-order valence-corrected chi connectivity index (χ2v) is 5.98. The van der Waals surface area contributed by atoms with E-state index in [9.17, 15) is 9.18 Å². The maximum Gasteiger partial charge on any atom is 0.272 e. The summed E-state index contributed by atoms with van der Waals surface area (Å²) in [5.41, 5.74) is 1.44. The molecule has 0 spiro atoms. The Labute approximate surface area is 152 Å². The number of hydrogen-bond donors (Lipinski definition) is 1. The van der Waals surface area contributed by atoms with E-state index in [0.29, 0.717) is 23.3 Å². The van der Waals surface area contributed by atoms with Gasteiger partial charge < -0.3 is 9.26 Å². The first kappa shape index (κ1) is 17.0.